The monoisotopic (exact) mass is 231 g/mol. The Morgan fingerprint density at radius 1 is 1.67 bits per heavy atom. The fourth-order valence-corrected chi connectivity index (χ4v) is 1.37. The highest BCUT2D eigenvalue weighted by Gasteiger charge is 2.26. The summed E-state index contributed by atoms with van der Waals surface area (Å²) in [6.07, 6.45) is 1.17. The Hall–Kier alpha value is -0.970. The van der Waals surface area contributed by atoms with Gasteiger partial charge in [-0.05, 0) is 22.0 Å². The van der Waals surface area contributed by atoms with Gasteiger partial charge >= 0.3 is 6.09 Å². The van der Waals surface area contributed by atoms with Gasteiger partial charge in [-0.3, -0.25) is 0 Å². The molecule has 1 aliphatic rings. The largest absolute Gasteiger partial charge is 0.466 e. The van der Waals surface area contributed by atoms with E-state index in [2.05, 4.69) is 21.2 Å². The molecule has 0 aliphatic carbocycles. The van der Waals surface area contributed by atoms with Gasteiger partial charge in [-0.25, -0.2) is 4.79 Å². The Balaban J connectivity index is 2.15. The number of cyclic esters (lactones) is 1. The predicted molar refractivity (Wildman–Crippen MR) is 43.6 cm³/mol. The van der Waals surface area contributed by atoms with Gasteiger partial charge in [0.05, 0.1) is 4.47 Å². The lowest BCUT2D eigenvalue weighted by Crippen LogP contribution is -2.17. The Morgan fingerprint density at radius 3 is 3.00 bits per heavy atom. The van der Waals surface area contributed by atoms with Gasteiger partial charge in [-0.15, -0.1) is 0 Å². The lowest BCUT2D eigenvalue weighted by molar-refractivity contribution is 0.176. The van der Waals surface area contributed by atoms with E-state index >= 15 is 0 Å². The van der Waals surface area contributed by atoms with E-state index in [4.69, 9.17) is 9.15 Å². The highest BCUT2D eigenvalue weighted by molar-refractivity contribution is 9.10. The number of furan rings is 1. The highest BCUT2D eigenvalue weighted by atomic mass is 79.9. The van der Waals surface area contributed by atoms with Crippen molar-refractivity contribution in [2.45, 2.75) is 6.04 Å². The Kier molecular flexibility index (Phi) is 1.80. The molecule has 0 bridgehead atoms. The predicted octanol–water partition coefficient (Wildman–Crippen LogP) is 1.82. The molecule has 1 unspecified atom stereocenters. The molecule has 64 valence electrons. The zero-order valence-corrected chi connectivity index (χ0v) is 7.63. The smallest absolute Gasteiger partial charge is 0.407 e. The van der Waals surface area contributed by atoms with Crippen molar-refractivity contribution in [3.8, 4) is 0 Å². The molecule has 1 N–H and O–H groups in total. The first-order chi connectivity index (χ1) is 5.75. The molecular formula is C7H6BrNO3. The van der Waals surface area contributed by atoms with Crippen molar-refractivity contribution in [2.75, 3.05) is 6.61 Å². The summed E-state index contributed by atoms with van der Waals surface area (Å²) in [5, 5.41) is 2.61. The normalized spacial score (nSPS) is 22.1. The molecule has 1 aromatic rings. The van der Waals surface area contributed by atoms with Crippen LogP contribution in [0.2, 0.25) is 0 Å². The summed E-state index contributed by atoms with van der Waals surface area (Å²) in [6.45, 7) is 0.332. The minimum atomic E-state index is -0.396. The van der Waals surface area contributed by atoms with Crippen molar-refractivity contribution in [1.29, 1.82) is 0 Å². The molecule has 1 amide bonds. The molecule has 1 aromatic heterocycles. The van der Waals surface area contributed by atoms with Crippen LogP contribution in [0.4, 0.5) is 4.79 Å². The standard InChI is InChI=1S/C7H6BrNO3/c8-4-1-6(11-2-4)5-3-12-7(10)9-5/h1-2,5H,3H2,(H,9,10). The van der Waals surface area contributed by atoms with Gasteiger partial charge in [0.25, 0.3) is 0 Å². The van der Waals surface area contributed by atoms with Crippen LogP contribution in [0.1, 0.15) is 11.8 Å². The molecule has 0 saturated carbocycles. The summed E-state index contributed by atoms with van der Waals surface area (Å²) in [7, 11) is 0. The van der Waals surface area contributed by atoms with Gasteiger partial charge in [0.1, 0.15) is 24.7 Å². The molecule has 1 saturated heterocycles. The van der Waals surface area contributed by atoms with Gasteiger partial charge in [-0.2, -0.15) is 0 Å². The summed E-state index contributed by atoms with van der Waals surface area (Å²) in [5.74, 6) is 0.702. The van der Waals surface area contributed by atoms with Crippen LogP contribution in [0.25, 0.3) is 0 Å². The van der Waals surface area contributed by atoms with Crippen molar-refractivity contribution >= 4 is 22.0 Å². The second-order valence-electron chi connectivity index (χ2n) is 2.46. The van der Waals surface area contributed by atoms with E-state index in [9.17, 15) is 4.79 Å². The van der Waals surface area contributed by atoms with Crippen LogP contribution in [0.15, 0.2) is 21.2 Å². The topological polar surface area (TPSA) is 51.5 Å². The third-order valence-electron chi connectivity index (χ3n) is 1.60. The molecule has 0 aromatic carbocycles. The number of rotatable bonds is 1. The lowest BCUT2D eigenvalue weighted by Gasteiger charge is -2.00. The molecule has 1 atom stereocenters. The van der Waals surface area contributed by atoms with Crippen LogP contribution >= 0.6 is 15.9 Å². The van der Waals surface area contributed by atoms with Crippen LogP contribution in [-0.2, 0) is 4.74 Å². The van der Waals surface area contributed by atoms with E-state index in [0.717, 1.165) is 4.47 Å². The quantitative estimate of drug-likeness (QED) is 0.803. The van der Waals surface area contributed by atoms with E-state index in [0.29, 0.717) is 12.4 Å². The molecule has 5 heteroatoms. The van der Waals surface area contributed by atoms with Crippen LogP contribution < -0.4 is 5.32 Å². The maximum atomic E-state index is 10.6. The second kappa shape index (κ2) is 2.82. The molecular weight excluding hydrogens is 226 g/mol. The minimum absolute atomic E-state index is 0.149. The highest BCUT2D eigenvalue weighted by Crippen LogP contribution is 2.22. The lowest BCUT2D eigenvalue weighted by atomic mass is 10.2. The third-order valence-corrected chi connectivity index (χ3v) is 2.02. The zero-order chi connectivity index (χ0) is 8.55. The van der Waals surface area contributed by atoms with Gasteiger partial charge in [0.2, 0.25) is 0 Å². The minimum Gasteiger partial charge on any atom is -0.466 e. The SMILES string of the molecule is O=C1NC(c2cc(Br)co2)CO1. The Morgan fingerprint density at radius 2 is 2.50 bits per heavy atom. The summed E-state index contributed by atoms with van der Waals surface area (Å²) in [6, 6.07) is 1.66. The van der Waals surface area contributed by atoms with Crippen LogP contribution in [0.3, 0.4) is 0 Å². The molecule has 0 spiro atoms. The maximum Gasteiger partial charge on any atom is 0.407 e. The first-order valence-electron chi connectivity index (χ1n) is 3.43. The number of amides is 1. The van der Waals surface area contributed by atoms with Gasteiger partial charge in [-0.1, -0.05) is 0 Å². The molecule has 1 aliphatic heterocycles. The molecule has 2 rings (SSSR count). The number of alkyl carbamates (subject to hydrolysis) is 1. The third kappa shape index (κ3) is 1.32. The molecule has 2 heterocycles. The second-order valence-corrected chi connectivity index (χ2v) is 3.38. The number of ether oxygens (including phenoxy) is 1. The fourth-order valence-electron chi connectivity index (χ4n) is 1.05. The first kappa shape index (κ1) is 7.67. The van der Waals surface area contributed by atoms with Crippen molar-refractivity contribution in [1.82, 2.24) is 5.32 Å². The van der Waals surface area contributed by atoms with Crippen molar-refractivity contribution in [2.24, 2.45) is 0 Å². The zero-order valence-electron chi connectivity index (χ0n) is 6.04. The Bertz CT molecular complexity index is 309. The number of carbonyl (C=O) groups is 1. The number of halogens is 1. The van der Waals surface area contributed by atoms with Crippen LogP contribution in [0, 0.1) is 0 Å². The fraction of sp³-hybridized carbons (Fsp3) is 0.286. The summed E-state index contributed by atoms with van der Waals surface area (Å²) in [4.78, 5) is 10.6. The van der Waals surface area contributed by atoms with Gasteiger partial charge in [0, 0.05) is 0 Å². The molecule has 12 heavy (non-hydrogen) atoms. The average Bonchev–Trinajstić information content (AvgIpc) is 2.58. The van der Waals surface area contributed by atoms with E-state index in [-0.39, 0.29) is 6.04 Å². The van der Waals surface area contributed by atoms with E-state index in [1.165, 1.54) is 0 Å². The van der Waals surface area contributed by atoms with E-state index in [1.54, 1.807) is 12.3 Å². The van der Waals surface area contributed by atoms with Crippen molar-refractivity contribution in [3.63, 3.8) is 0 Å². The average molecular weight is 232 g/mol. The van der Waals surface area contributed by atoms with E-state index < -0.39 is 6.09 Å². The van der Waals surface area contributed by atoms with Gasteiger partial charge < -0.3 is 14.5 Å². The molecule has 4 nitrogen and oxygen atoms in total. The van der Waals surface area contributed by atoms with E-state index in [1.807, 2.05) is 0 Å². The number of hydrogen-bond donors (Lipinski definition) is 1. The number of nitrogens with one attached hydrogen (secondary N) is 1. The summed E-state index contributed by atoms with van der Waals surface area (Å²) >= 11 is 3.25. The van der Waals surface area contributed by atoms with Crippen molar-refractivity contribution < 1.29 is 13.9 Å². The maximum absolute atomic E-state index is 10.6. The van der Waals surface area contributed by atoms with Gasteiger partial charge in [0.15, 0.2) is 0 Å². The first-order valence-corrected chi connectivity index (χ1v) is 4.22. The molecule has 0 radical (unpaired) electrons. The summed E-state index contributed by atoms with van der Waals surface area (Å²) < 4.78 is 10.7. The number of carbonyl (C=O) groups excluding carboxylic acids is 1. The number of hydrogen-bond acceptors (Lipinski definition) is 3. The van der Waals surface area contributed by atoms with Crippen molar-refractivity contribution in [3.05, 3.63) is 22.6 Å². The summed E-state index contributed by atoms with van der Waals surface area (Å²) in [5.41, 5.74) is 0. The van der Waals surface area contributed by atoms with Crippen LogP contribution in [0.5, 0.6) is 0 Å². The molecule has 1 fully saturated rings. The Labute approximate surface area is 77.0 Å². The van der Waals surface area contributed by atoms with Crippen LogP contribution in [-0.4, -0.2) is 12.7 Å².